The summed E-state index contributed by atoms with van der Waals surface area (Å²) in [6, 6.07) is 14.1. The van der Waals surface area contributed by atoms with Crippen molar-refractivity contribution in [3.05, 3.63) is 80.4 Å². The van der Waals surface area contributed by atoms with Crippen LogP contribution in [0.15, 0.2) is 67.9 Å². The average molecular weight is 449 g/mol. The topological polar surface area (TPSA) is 34.9 Å². The summed E-state index contributed by atoms with van der Waals surface area (Å²) in [6.07, 6.45) is 0.809. The second-order valence-electron chi connectivity index (χ2n) is 5.80. The quantitative estimate of drug-likeness (QED) is 0.411. The number of aryl methyl sites for hydroxylation is 1. The Labute approximate surface area is 167 Å². The maximum atomic E-state index is 13.4. The lowest BCUT2D eigenvalue weighted by Gasteiger charge is -2.14. The molecule has 0 N–H and O–H groups in total. The predicted molar refractivity (Wildman–Crippen MR) is 108 cm³/mol. The molecule has 0 unspecified atom stereocenters. The van der Waals surface area contributed by atoms with Crippen LogP contribution in [0.3, 0.4) is 0 Å². The van der Waals surface area contributed by atoms with Crippen LogP contribution in [0.1, 0.15) is 11.3 Å². The fourth-order valence-corrected chi connectivity index (χ4v) is 5.04. The van der Waals surface area contributed by atoms with Gasteiger partial charge in [0.15, 0.2) is 5.16 Å². The van der Waals surface area contributed by atoms with Gasteiger partial charge in [0, 0.05) is 22.4 Å². The molecule has 7 heteroatoms. The molecule has 4 rings (SSSR count). The third-order valence-corrected chi connectivity index (χ3v) is 6.65. The number of hydrogen-bond donors (Lipinski definition) is 0. The van der Waals surface area contributed by atoms with Gasteiger partial charge in [-0.15, -0.1) is 11.8 Å². The molecule has 0 radical (unpaired) electrons. The Kier molecular flexibility index (Phi) is 5.20. The van der Waals surface area contributed by atoms with Crippen molar-refractivity contribution in [2.24, 2.45) is 0 Å². The lowest BCUT2D eigenvalue weighted by Crippen LogP contribution is -2.23. The number of nitrogens with zero attached hydrogens (tertiary/aromatic N) is 2. The van der Waals surface area contributed by atoms with Crippen molar-refractivity contribution in [3.8, 4) is 5.69 Å². The van der Waals surface area contributed by atoms with E-state index in [1.165, 1.54) is 23.9 Å². The van der Waals surface area contributed by atoms with Crippen LogP contribution in [-0.2, 0) is 12.2 Å². The predicted octanol–water partition coefficient (Wildman–Crippen LogP) is 5.07. The Balaban J connectivity index is 1.76. The maximum Gasteiger partial charge on any atom is 0.272 e. The molecule has 1 aromatic heterocycles. The first-order valence-corrected chi connectivity index (χ1v) is 10.8. The summed E-state index contributed by atoms with van der Waals surface area (Å²) in [7, 11) is 0. The molecular formula is C19H14BrFN2OS2. The minimum absolute atomic E-state index is 0.0263. The molecule has 2 heterocycles. The molecule has 0 fully saturated rings. The number of hydrogen-bond acceptors (Lipinski definition) is 4. The van der Waals surface area contributed by atoms with E-state index >= 15 is 0 Å². The fourth-order valence-electron chi connectivity index (χ4n) is 2.78. The van der Waals surface area contributed by atoms with Crippen LogP contribution in [0.25, 0.3) is 5.69 Å². The largest absolute Gasteiger partial charge is 0.272 e. The number of halogens is 2. The van der Waals surface area contributed by atoms with Gasteiger partial charge in [-0.3, -0.25) is 9.36 Å². The van der Waals surface area contributed by atoms with Crippen LogP contribution in [-0.4, -0.2) is 15.3 Å². The zero-order valence-corrected chi connectivity index (χ0v) is 16.8. The molecule has 2 aromatic carbocycles. The highest BCUT2D eigenvalue weighted by atomic mass is 79.9. The van der Waals surface area contributed by atoms with Crippen LogP contribution >= 0.6 is 39.5 Å². The third-order valence-electron chi connectivity index (χ3n) is 4.01. The fraction of sp³-hybridized carbons (Fsp3) is 0.158. The molecule has 3 aromatic rings. The molecular weight excluding hydrogens is 435 g/mol. The molecule has 0 bridgehead atoms. The average Bonchev–Trinajstić information content (AvgIpc) is 3.10. The van der Waals surface area contributed by atoms with Crippen molar-refractivity contribution in [2.45, 2.75) is 22.2 Å². The van der Waals surface area contributed by atoms with E-state index in [-0.39, 0.29) is 11.4 Å². The van der Waals surface area contributed by atoms with Crippen molar-refractivity contribution in [1.29, 1.82) is 0 Å². The van der Waals surface area contributed by atoms with Gasteiger partial charge in [-0.25, -0.2) is 9.37 Å². The van der Waals surface area contributed by atoms with Crippen LogP contribution in [0.2, 0.25) is 0 Å². The highest BCUT2D eigenvalue weighted by Gasteiger charge is 2.22. The highest BCUT2D eigenvalue weighted by molar-refractivity contribution is 9.10. The molecule has 0 saturated heterocycles. The zero-order valence-electron chi connectivity index (χ0n) is 13.6. The van der Waals surface area contributed by atoms with Gasteiger partial charge in [0.05, 0.1) is 16.3 Å². The summed E-state index contributed by atoms with van der Waals surface area (Å²) in [5.74, 6) is 1.18. The lowest BCUT2D eigenvalue weighted by atomic mass is 10.2. The summed E-state index contributed by atoms with van der Waals surface area (Å²) in [4.78, 5) is 18.5. The molecule has 0 spiro atoms. The lowest BCUT2D eigenvalue weighted by molar-refractivity contribution is 0.626. The number of fused-ring (bicyclic) bond motifs is 1. The number of aromatic nitrogens is 2. The standard InChI is InChI=1S/C19H14BrFN2OS2/c20-13-4-6-15(7-5-13)23-18(24)17-16(8-9-25-17)22-19(23)26-11-12-2-1-3-14(21)10-12/h1-7,10H,8-9,11H2. The highest BCUT2D eigenvalue weighted by Crippen LogP contribution is 2.31. The molecule has 1 aliphatic heterocycles. The Morgan fingerprint density at radius 1 is 1.23 bits per heavy atom. The number of thioether (sulfide) groups is 2. The first-order chi connectivity index (χ1) is 12.6. The molecule has 0 saturated carbocycles. The van der Waals surface area contributed by atoms with E-state index in [4.69, 9.17) is 4.98 Å². The van der Waals surface area contributed by atoms with E-state index in [1.807, 2.05) is 30.3 Å². The van der Waals surface area contributed by atoms with Crippen LogP contribution in [0.4, 0.5) is 4.39 Å². The maximum absolute atomic E-state index is 13.4. The van der Waals surface area contributed by atoms with Gasteiger partial charge in [0.1, 0.15) is 5.82 Å². The van der Waals surface area contributed by atoms with E-state index in [9.17, 15) is 9.18 Å². The zero-order chi connectivity index (χ0) is 18.1. The van der Waals surface area contributed by atoms with E-state index < -0.39 is 0 Å². The van der Waals surface area contributed by atoms with Crippen molar-refractivity contribution < 1.29 is 4.39 Å². The summed E-state index contributed by atoms with van der Waals surface area (Å²) in [5, 5.41) is 0.642. The Hall–Kier alpha value is -1.57. The second-order valence-corrected chi connectivity index (χ2v) is 8.77. The summed E-state index contributed by atoms with van der Waals surface area (Å²) in [6.45, 7) is 0. The third kappa shape index (κ3) is 3.61. The smallest absolute Gasteiger partial charge is 0.268 e. The molecule has 26 heavy (non-hydrogen) atoms. The van der Waals surface area contributed by atoms with Gasteiger partial charge < -0.3 is 0 Å². The summed E-state index contributed by atoms with van der Waals surface area (Å²) in [5.41, 5.74) is 2.49. The monoisotopic (exact) mass is 448 g/mol. The van der Waals surface area contributed by atoms with Gasteiger partial charge in [-0.05, 0) is 42.0 Å². The van der Waals surface area contributed by atoms with E-state index in [1.54, 1.807) is 22.4 Å². The van der Waals surface area contributed by atoms with Gasteiger partial charge in [0.25, 0.3) is 5.56 Å². The minimum Gasteiger partial charge on any atom is -0.268 e. The van der Waals surface area contributed by atoms with Gasteiger partial charge in [-0.2, -0.15) is 0 Å². The Morgan fingerprint density at radius 2 is 2.04 bits per heavy atom. The van der Waals surface area contributed by atoms with Crippen molar-refractivity contribution >= 4 is 39.5 Å². The van der Waals surface area contributed by atoms with E-state index in [2.05, 4.69) is 15.9 Å². The first kappa shape index (κ1) is 17.8. The van der Waals surface area contributed by atoms with Gasteiger partial charge >= 0.3 is 0 Å². The van der Waals surface area contributed by atoms with Crippen molar-refractivity contribution in [3.63, 3.8) is 0 Å². The van der Waals surface area contributed by atoms with Gasteiger partial charge in [0.2, 0.25) is 0 Å². The molecule has 0 atom stereocenters. The number of benzene rings is 2. The van der Waals surface area contributed by atoms with Crippen LogP contribution < -0.4 is 5.56 Å². The van der Waals surface area contributed by atoms with Crippen LogP contribution in [0, 0.1) is 5.82 Å². The van der Waals surface area contributed by atoms with E-state index in [0.717, 1.165) is 38.5 Å². The second kappa shape index (κ2) is 7.58. The molecule has 3 nitrogen and oxygen atoms in total. The normalized spacial score (nSPS) is 13.0. The number of rotatable bonds is 4. The summed E-state index contributed by atoms with van der Waals surface area (Å²) < 4.78 is 16.0. The molecule has 132 valence electrons. The Morgan fingerprint density at radius 3 is 2.81 bits per heavy atom. The van der Waals surface area contributed by atoms with Crippen molar-refractivity contribution in [2.75, 3.05) is 5.75 Å². The van der Waals surface area contributed by atoms with Gasteiger partial charge in [-0.1, -0.05) is 39.8 Å². The van der Waals surface area contributed by atoms with Crippen LogP contribution in [0.5, 0.6) is 0 Å². The SMILES string of the molecule is O=c1c2c(nc(SCc3cccc(F)c3)n1-c1ccc(Br)cc1)CCS2. The molecule has 1 aliphatic rings. The first-order valence-electron chi connectivity index (χ1n) is 8.04. The molecule has 0 aliphatic carbocycles. The Bertz CT molecular complexity index is 1020. The summed E-state index contributed by atoms with van der Waals surface area (Å²) >= 11 is 6.44. The molecule has 0 amide bonds. The van der Waals surface area contributed by atoms with E-state index in [0.29, 0.717) is 10.9 Å². The van der Waals surface area contributed by atoms with Crippen molar-refractivity contribution in [1.82, 2.24) is 9.55 Å². The minimum atomic E-state index is -0.258.